The zero-order valence-corrected chi connectivity index (χ0v) is 12.4. The van der Waals surface area contributed by atoms with Crippen LogP contribution in [0, 0.1) is 0 Å². The van der Waals surface area contributed by atoms with Crippen LogP contribution in [-0.4, -0.2) is 30.1 Å². The van der Waals surface area contributed by atoms with Gasteiger partial charge in [-0.05, 0) is 24.3 Å². The van der Waals surface area contributed by atoms with Gasteiger partial charge in [-0.3, -0.25) is 0 Å². The van der Waals surface area contributed by atoms with E-state index in [-0.39, 0.29) is 4.34 Å². The van der Waals surface area contributed by atoms with Crippen molar-refractivity contribution in [1.82, 2.24) is 14.6 Å². The molecule has 2 heterocycles. The summed E-state index contributed by atoms with van der Waals surface area (Å²) in [5, 5.41) is 8.84. The van der Waals surface area contributed by atoms with Gasteiger partial charge in [-0.25, -0.2) is 18.1 Å². The summed E-state index contributed by atoms with van der Waals surface area (Å²) in [5.41, 5.74) is 0. The molecule has 0 atom stereocenters. The Labute approximate surface area is 123 Å². The molecule has 0 saturated heterocycles. The average molecular weight is 326 g/mol. The Bertz CT molecular complexity index is 851. The number of methoxy groups -OCH3 is 1. The summed E-state index contributed by atoms with van der Waals surface area (Å²) in [5.74, 6) is 1.60. The van der Waals surface area contributed by atoms with E-state index in [1.165, 1.54) is 10.7 Å². The third-order valence-corrected chi connectivity index (χ3v) is 4.76. The molecule has 21 heavy (non-hydrogen) atoms. The summed E-state index contributed by atoms with van der Waals surface area (Å²) >= 11 is 0.869. The Kier molecular flexibility index (Phi) is 3.27. The molecule has 0 radical (unpaired) electrons. The number of nitrogens with zero attached hydrogens (tertiary/aromatic N) is 3. The van der Waals surface area contributed by atoms with E-state index in [2.05, 4.69) is 10.1 Å². The number of benzene rings is 1. The molecular weight excluding hydrogens is 316 g/mol. The summed E-state index contributed by atoms with van der Waals surface area (Å²) in [6.45, 7) is 0. The first-order chi connectivity index (χ1) is 9.95. The van der Waals surface area contributed by atoms with Crippen LogP contribution in [-0.2, 0) is 10.0 Å². The number of hydrogen-bond donors (Lipinski definition) is 1. The predicted octanol–water partition coefficient (Wildman–Crippen LogP) is 1.24. The lowest BCUT2D eigenvalue weighted by Crippen LogP contribution is -2.12. The van der Waals surface area contributed by atoms with Crippen molar-refractivity contribution in [2.45, 2.75) is 4.34 Å². The van der Waals surface area contributed by atoms with Crippen molar-refractivity contribution < 1.29 is 17.9 Å². The minimum atomic E-state index is -3.82. The fraction of sp³-hybridized carbons (Fsp3) is 0.0909. The molecule has 2 aromatic heterocycles. The molecule has 0 spiro atoms. The minimum Gasteiger partial charge on any atom is -0.497 e. The van der Waals surface area contributed by atoms with Gasteiger partial charge >= 0.3 is 0 Å². The Morgan fingerprint density at radius 2 is 1.90 bits per heavy atom. The number of fused-ring (bicyclic) bond motifs is 1. The summed E-state index contributed by atoms with van der Waals surface area (Å²) in [7, 11) is -2.24. The highest BCUT2D eigenvalue weighted by Crippen LogP contribution is 2.25. The third kappa shape index (κ3) is 2.82. The number of aromatic nitrogens is 3. The molecule has 10 heteroatoms. The van der Waals surface area contributed by atoms with E-state index in [4.69, 9.17) is 14.6 Å². The Balaban J connectivity index is 1.86. The number of ether oxygens (including phenoxy) is 2. The second-order valence-electron chi connectivity index (χ2n) is 4.00. The Morgan fingerprint density at radius 3 is 2.48 bits per heavy atom. The van der Waals surface area contributed by atoms with Crippen molar-refractivity contribution in [3.05, 3.63) is 30.5 Å². The second-order valence-corrected chi connectivity index (χ2v) is 6.69. The number of hydrogen-bond acceptors (Lipinski definition) is 7. The van der Waals surface area contributed by atoms with E-state index in [1.54, 1.807) is 31.4 Å². The van der Waals surface area contributed by atoms with Crippen molar-refractivity contribution in [3.63, 3.8) is 0 Å². The van der Waals surface area contributed by atoms with Gasteiger partial charge in [-0.2, -0.15) is 4.98 Å². The molecule has 0 aliphatic heterocycles. The quantitative estimate of drug-likeness (QED) is 0.772. The zero-order valence-electron chi connectivity index (χ0n) is 10.8. The monoisotopic (exact) mass is 326 g/mol. The van der Waals surface area contributed by atoms with Gasteiger partial charge in [0.1, 0.15) is 11.5 Å². The van der Waals surface area contributed by atoms with E-state index in [9.17, 15) is 8.42 Å². The molecule has 0 amide bonds. The molecule has 8 nitrogen and oxygen atoms in total. The van der Waals surface area contributed by atoms with Gasteiger partial charge < -0.3 is 9.47 Å². The van der Waals surface area contributed by atoms with E-state index < -0.39 is 10.0 Å². The molecule has 2 N–H and O–H groups in total. The largest absolute Gasteiger partial charge is 0.497 e. The summed E-state index contributed by atoms with van der Waals surface area (Å²) in [6.07, 6.45) is 1.48. The van der Waals surface area contributed by atoms with Crippen molar-refractivity contribution in [2.24, 2.45) is 5.14 Å². The van der Waals surface area contributed by atoms with Gasteiger partial charge in [0, 0.05) is 0 Å². The van der Waals surface area contributed by atoms with Crippen LogP contribution in [0.2, 0.25) is 0 Å². The number of imidazole rings is 1. The standard InChI is InChI=1S/C11H10N4O4S2/c1-18-7-2-4-8(5-3-7)19-9-6-15-10(13-9)20-11(14-15)21(12,16)17/h2-6H,1H3,(H2,12,16,17). The zero-order chi connectivity index (χ0) is 15.0. The molecule has 3 aromatic rings. The van der Waals surface area contributed by atoms with E-state index in [0.717, 1.165) is 11.3 Å². The van der Waals surface area contributed by atoms with Crippen molar-refractivity contribution in [2.75, 3.05) is 7.11 Å². The third-order valence-electron chi connectivity index (χ3n) is 2.53. The van der Waals surface area contributed by atoms with Crippen LogP contribution in [0.25, 0.3) is 4.96 Å². The van der Waals surface area contributed by atoms with Gasteiger partial charge in [0.15, 0.2) is 0 Å². The van der Waals surface area contributed by atoms with Crippen LogP contribution >= 0.6 is 11.3 Å². The molecule has 0 unspecified atom stereocenters. The first-order valence-electron chi connectivity index (χ1n) is 5.66. The minimum absolute atomic E-state index is 0.194. The number of nitrogens with two attached hydrogens (primary N) is 1. The topological polar surface area (TPSA) is 109 Å². The molecule has 3 rings (SSSR count). The van der Waals surface area contributed by atoms with Gasteiger partial charge in [-0.15, -0.1) is 5.10 Å². The lowest BCUT2D eigenvalue weighted by Gasteiger charge is -2.03. The molecule has 110 valence electrons. The van der Waals surface area contributed by atoms with Crippen LogP contribution in [0.1, 0.15) is 0 Å². The van der Waals surface area contributed by atoms with Crippen LogP contribution in [0.4, 0.5) is 0 Å². The van der Waals surface area contributed by atoms with Crippen LogP contribution in [0.3, 0.4) is 0 Å². The van der Waals surface area contributed by atoms with Gasteiger partial charge in [0.25, 0.3) is 10.0 Å². The maximum atomic E-state index is 11.2. The van der Waals surface area contributed by atoms with E-state index in [1.807, 2.05) is 0 Å². The molecule has 1 aromatic carbocycles. The summed E-state index contributed by atoms with van der Waals surface area (Å²) < 4.78 is 34.1. The SMILES string of the molecule is COc1ccc(Oc2cn3nc(S(N)(=O)=O)sc3n2)cc1. The normalized spacial score (nSPS) is 11.7. The molecule has 0 saturated carbocycles. The molecule has 0 aliphatic carbocycles. The smallest absolute Gasteiger partial charge is 0.267 e. The lowest BCUT2D eigenvalue weighted by atomic mass is 10.3. The number of rotatable bonds is 4. The van der Waals surface area contributed by atoms with Crippen molar-refractivity contribution >= 4 is 26.3 Å². The van der Waals surface area contributed by atoms with Gasteiger partial charge in [0.2, 0.25) is 15.2 Å². The summed E-state index contributed by atoms with van der Waals surface area (Å²) in [4.78, 5) is 4.51. The molecule has 0 aliphatic rings. The van der Waals surface area contributed by atoms with E-state index >= 15 is 0 Å². The maximum absolute atomic E-state index is 11.2. The number of primary sulfonamides is 1. The van der Waals surface area contributed by atoms with Gasteiger partial charge in [-0.1, -0.05) is 11.3 Å². The van der Waals surface area contributed by atoms with Crippen LogP contribution in [0.15, 0.2) is 34.8 Å². The fourth-order valence-corrected chi connectivity index (χ4v) is 3.09. The molecule has 0 fully saturated rings. The Morgan fingerprint density at radius 1 is 1.24 bits per heavy atom. The van der Waals surface area contributed by atoms with Crippen molar-refractivity contribution in [1.29, 1.82) is 0 Å². The first-order valence-corrected chi connectivity index (χ1v) is 8.03. The van der Waals surface area contributed by atoms with Crippen LogP contribution in [0.5, 0.6) is 17.4 Å². The molecular formula is C11H10N4O4S2. The van der Waals surface area contributed by atoms with Crippen molar-refractivity contribution in [3.8, 4) is 17.4 Å². The highest BCUT2D eigenvalue weighted by molar-refractivity contribution is 7.91. The van der Waals surface area contributed by atoms with Gasteiger partial charge in [0.05, 0.1) is 13.3 Å². The average Bonchev–Trinajstić information content (AvgIpc) is 2.97. The summed E-state index contributed by atoms with van der Waals surface area (Å²) in [6, 6.07) is 6.97. The molecule has 0 bridgehead atoms. The first kappa shape index (κ1) is 13.8. The van der Waals surface area contributed by atoms with Crippen LogP contribution < -0.4 is 14.6 Å². The number of sulfonamides is 1. The highest BCUT2D eigenvalue weighted by atomic mass is 32.2. The van der Waals surface area contributed by atoms with E-state index in [0.29, 0.717) is 22.3 Å². The highest BCUT2D eigenvalue weighted by Gasteiger charge is 2.17. The fourth-order valence-electron chi connectivity index (χ4n) is 1.59. The lowest BCUT2D eigenvalue weighted by molar-refractivity contribution is 0.412. The predicted molar refractivity (Wildman–Crippen MR) is 75.3 cm³/mol. The Hall–Kier alpha value is -2.17. The maximum Gasteiger partial charge on any atom is 0.267 e. The second kappa shape index (κ2) is 4.98.